The third-order valence-electron chi connectivity index (χ3n) is 2.63. The minimum atomic E-state index is -2.89. The third-order valence-corrected chi connectivity index (χ3v) is 4.40. The molecule has 0 bridgehead atoms. The SMILES string of the molecule is CC(=O)c1cc(C2CCS(=O)(=O)C2)[nH]n1. The molecule has 5 nitrogen and oxygen atoms in total. The molecule has 6 heteroatoms. The Morgan fingerprint density at radius 1 is 1.60 bits per heavy atom. The van der Waals surface area contributed by atoms with Crippen molar-refractivity contribution in [1.29, 1.82) is 0 Å². The average molecular weight is 228 g/mol. The fraction of sp³-hybridized carbons (Fsp3) is 0.556. The first kappa shape index (κ1) is 10.4. The normalized spacial score (nSPS) is 24.2. The lowest BCUT2D eigenvalue weighted by Crippen LogP contribution is -2.03. The molecule has 0 spiro atoms. The van der Waals surface area contributed by atoms with E-state index >= 15 is 0 Å². The van der Waals surface area contributed by atoms with Crippen molar-refractivity contribution in [3.05, 3.63) is 17.5 Å². The number of hydrogen-bond donors (Lipinski definition) is 1. The lowest BCUT2D eigenvalue weighted by atomic mass is 10.1. The van der Waals surface area contributed by atoms with Crippen LogP contribution in [0.15, 0.2) is 6.07 Å². The molecule has 1 aliphatic heterocycles. The molecule has 1 unspecified atom stereocenters. The first-order valence-electron chi connectivity index (χ1n) is 4.74. The molecule has 1 saturated heterocycles. The zero-order valence-electron chi connectivity index (χ0n) is 8.36. The number of rotatable bonds is 2. The standard InChI is InChI=1S/C9H12N2O3S/c1-6(12)8-4-9(11-10-8)7-2-3-15(13,14)5-7/h4,7H,2-3,5H2,1H3,(H,10,11). The maximum atomic E-state index is 11.3. The Bertz CT molecular complexity index is 489. The highest BCUT2D eigenvalue weighted by molar-refractivity contribution is 7.91. The molecular formula is C9H12N2O3S. The van der Waals surface area contributed by atoms with Gasteiger partial charge in [0.15, 0.2) is 15.6 Å². The Hall–Kier alpha value is -1.17. The molecule has 1 atom stereocenters. The summed E-state index contributed by atoms with van der Waals surface area (Å²) >= 11 is 0. The molecule has 0 saturated carbocycles. The number of nitrogens with one attached hydrogen (secondary N) is 1. The summed E-state index contributed by atoms with van der Waals surface area (Å²) in [4.78, 5) is 11.0. The van der Waals surface area contributed by atoms with Crippen LogP contribution in [0.5, 0.6) is 0 Å². The van der Waals surface area contributed by atoms with E-state index < -0.39 is 9.84 Å². The molecule has 2 rings (SSSR count). The second-order valence-corrected chi connectivity index (χ2v) is 6.09. The molecule has 1 aromatic rings. The lowest BCUT2D eigenvalue weighted by molar-refractivity contribution is 0.101. The summed E-state index contributed by atoms with van der Waals surface area (Å²) in [6, 6.07) is 1.65. The van der Waals surface area contributed by atoms with Crippen LogP contribution in [0.3, 0.4) is 0 Å². The van der Waals surface area contributed by atoms with E-state index in [2.05, 4.69) is 10.2 Å². The van der Waals surface area contributed by atoms with E-state index in [0.29, 0.717) is 12.1 Å². The quantitative estimate of drug-likeness (QED) is 0.748. The van der Waals surface area contributed by atoms with Crippen molar-refractivity contribution in [2.24, 2.45) is 0 Å². The highest BCUT2D eigenvalue weighted by atomic mass is 32.2. The number of Topliss-reactive ketones (excluding diaryl/α,β-unsaturated/α-hetero) is 1. The van der Waals surface area contributed by atoms with Gasteiger partial charge in [-0.2, -0.15) is 5.10 Å². The highest BCUT2D eigenvalue weighted by Gasteiger charge is 2.30. The second kappa shape index (κ2) is 3.44. The van der Waals surface area contributed by atoms with Crippen molar-refractivity contribution in [3.8, 4) is 0 Å². The third kappa shape index (κ3) is 2.09. The van der Waals surface area contributed by atoms with Gasteiger partial charge in [-0.25, -0.2) is 8.42 Å². The second-order valence-electron chi connectivity index (χ2n) is 3.86. The van der Waals surface area contributed by atoms with E-state index in [9.17, 15) is 13.2 Å². The fourth-order valence-electron chi connectivity index (χ4n) is 1.77. The molecule has 2 heterocycles. The van der Waals surface area contributed by atoms with Crippen molar-refractivity contribution < 1.29 is 13.2 Å². The molecule has 1 aliphatic rings. The van der Waals surface area contributed by atoms with Gasteiger partial charge >= 0.3 is 0 Å². The summed E-state index contributed by atoms with van der Waals surface area (Å²) < 4.78 is 22.5. The van der Waals surface area contributed by atoms with Gasteiger partial charge in [0.25, 0.3) is 0 Å². The van der Waals surface area contributed by atoms with Crippen molar-refractivity contribution in [1.82, 2.24) is 10.2 Å². The molecule has 1 aromatic heterocycles. The van der Waals surface area contributed by atoms with Crippen LogP contribution < -0.4 is 0 Å². The number of hydrogen-bond acceptors (Lipinski definition) is 4. The Labute approximate surface area is 87.8 Å². The molecule has 0 amide bonds. The van der Waals surface area contributed by atoms with Gasteiger partial charge in [-0.15, -0.1) is 0 Å². The molecule has 0 aliphatic carbocycles. The predicted molar refractivity (Wildman–Crippen MR) is 54.6 cm³/mol. The first-order valence-corrected chi connectivity index (χ1v) is 6.57. The van der Waals surface area contributed by atoms with Crippen LogP contribution in [0.1, 0.15) is 35.4 Å². The molecule has 1 N–H and O–H groups in total. The molecule has 15 heavy (non-hydrogen) atoms. The lowest BCUT2D eigenvalue weighted by Gasteiger charge is -2.01. The van der Waals surface area contributed by atoms with Crippen LogP contribution in [0.25, 0.3) is 0 Å². The Kier molecular flexibility index (Phi) is 2.38. The van der Waals surface area contributed by atoms with Crippen molar-refractivity contribution >= 4 is 15.6 Å². The first-order chi connectivity index (χ1) is 6.98. The molecule has 82 valence electrons. The summed E-state index contributed by atoms with van der Waals surface area (Å²) in [5.41, 5.74) is 1.12. The predicted octanol–water partition coefficient (Wildman–Crippen LogP) is 0.514. The number of aromatic nitrogens is 2. The Balaban J connectivity index is 2.21. The summed E-state index contributed by atoms with van der Waals surface area (Å²) in [6.07, 6.45) is 0.613. The largest absolute Gasteiger partial charge is 0.293 e. The van der Waals surface area contributed by atoms with Gasteiger partial charge < -0.3 is 0 Å². The van der Waals surface area contributed by atoms with E-state index in [0.717, 1.165) is 5.69 Å². The van der Waals surface area contributed by atoms with Crippen LogP contribution in [-0.4, -0.2) is 35.9 Å². The van der Waals surface area contributed by atoms with Crippen LogP contribution in [0.4, 0.5) is 0 Å². The highest BCUT2D eigenvalue weighted by Crippen LogP contribution is 2.27. The van der Waals surface area contributed by atoms with E-state index in [1.807, 2.05) is 0 Å². The van der Waals surface area contributed by atoms with Crippen LogP contribution >= 0.6 is 0 Å². The zero-order chi connectivity index (χ0) is 11.1. The molecular weight excluding hydrogens is 216 g/mol. The Morgan fingerprint density at radius 3 is 2.80 bits per heavy atom. The minimum Gasteiger partial charge on any atom is -0.293 e. The molecule has 0 aromatic carbocycles. The number of H-pyrrole nitrogens is 1. The van der Waals surface area contributed by atoms with E-state index in [-0.39, 0.29) is 23.2 Å². The summed E-state index contributed by atoms with van der Waals surface area (Å²) in [5.74, 6) is 0.243. The van der Waals surface area contributed by atoms with Gasteiger partial charge in [-0.05, 0) is 12.5 Å². The van der Waals surface area contributed by atoms with Gasteiger partial charge in [-0.1, -0.05) is 0 Å². The van der Waals surface area contributed by atoms with Gasteiger partial charge in [0.1, 0.15) is 5.69 Å². The van der Waals surface area contributed by atoms with Crippen LogP contribution in [0, 0.1) is 0 Å². The number of sulfone groups is 1. The Morgan fingerprint density at radius 2 is 2.33 bits per heavy atom. The fourth-order valence-corrected chi connectivity index (χ4v) is 3.54. The monoisotopic (exact) mass is 228 g/mol. The van der Waals surface area contributed by atoms with Crippen LogP contribution in [-0.2, 0) is 9.84 Å². The molecule has 0 radical (unpaired) electrons. The van der Waals surface area contributed by atoms with E-state index in [1.54, 1.807) is 6.07 Å². The molecule has 1 fully saturated rings. The van der Waals surface area contributed by atoms with Crippen molar-refractivity contribution in [2.75, 3.05) is 11.5 Å². The minimum absolute atomic E-state index is 0.0319. The topological polar surface area (TPSA) is 79.9 Å². The number of aromatic amines is 1. The van der Waals surface area contributed by atoms with Gasteiger partial charge in [-0.3, -0.25) is 9.89 Å². The number of ketones is 1. The van der Waals surface area contributed by atoms with Gasteiger partial charge in [0.2, 0.25) is 0 Å². The average Bonchev–Trinajstić information content (AvgIpc) is 2.70. The van der Waals surface area contributed by atoms with Gasteiger partial charge in [0.05, 0.1) is 11.5 Å². The van der Waals surface area contributed by atoms with Crippen molar-refractivity contribution in [3.63, 3.8) is 0 Å². The number of nitrogens with zero attached hydrogens (tertiary/aromatic N) is 1. The number of carbonyl (C=O) groups is 1. The smallest absolute Gasteiger partial charge is 0.179 e. The van der Waals surface area contributed by atoms with Gasteiger partial charge in [0, 0.05) is 18.5 Å². The van der Waals surface area contributed by atoms with E-state index in [4.69, 9.17) is 0 Å². The summed E-state index contributed by atoms with van der Waals surface area (Å²) in [7, 11) is -2.89. The van der Waals surface area contributed by atoms with Crippen molar-refractivity contribution in [2.45, 2.75) is 19.3 Å². The van der Waals surface area contributed by atoms with E-state index in [1.165, 1.54) is 6.92 Å². The maximum Gasteiger partial charge on any atom is 0.179 e. The zero-order valence-corrected chi connectivity index (χ0v) is 9.17. The maximum absolute atomic E-state index is 11.3. The van der Waals surface area contributed by atoms with Crippen LogP contribution in [0.2, 0.25) is 0 Å². The number of carbonyl (C=O) groups excluding carboxylic acids is 1. The summed E-state index contributed by atoms with van der Waals surface area (Å²) in [6.45, 7) is 1.44. The summed E-state index contributed by atoms with van der Waals surface area (Å²) in [5, 5.41) is 6.57.